The minimum absolute atomic E-state index is 0.0136. The lowest BCUT2D eigenvalue weighted by Gasteiger charge is -2.21. The lowest BCUT2D eigenvalue weighted by Crippen LogP contribution is -2.37. The average molecular weight is 416 g/mol. The minimum atomic E-state index is -3.72. The molecule has 2 aromatic heterocycles. The van der Waals surface area contributed by atoms with Crippen LogP contribution in [0.15, 0.2) is 57.1 Å². The summed E-state index contributed by atoms with van der Waals surface area (Å²) in [7, 11) is -2.02. The van der Waals surface area contributed by atoms with Gasteiger partial charge in [0.1, 0.15) is 5.58 Å². The summed E-state index contributed by atoms with van der Waals surface area (Å²) in [5, 5.41) is 0.396. The average Bonchev–Trinajstić information content (AvgIpc) is 3.00. The predicted molar refractivity (Wildman–Crippen MR) is 105 cm³/mol. The highest BCUT2D eigenvalue weighted by atomic mass is 32.2. The fourth-order valence-electron chi connectivity index (χ4n) is 3.36. The monoisotopic (exact) mass is 416 g/mol. The van der Waals surface area contributed by atoms with Gasteiger partial charge in [-0.25, -0.2) is 13.4 Å². The third kappa shape index (κ3) is 3.68. The maximum absolute atomic E-state index is 12.9. The van der Waals surface area contributed by atoms with Crippen molar-refractivity contribution in [2.45, 2.75) is 11.4 Å². The molecule has 1 aromatic carbocycles. The number of carbonyl (C=O) groups is 1. The van der Waals surface area contributed by atoms with E-state index in [0.29, 0.717) is 23.9 Å². The number of fused-ring (bicyclic) bond motifs is 1. The van der Waals surface area contributed by atoms with Crippen LogP contribution >= 0.6 is 0 Å². The molecule has 0 N–H and O–H groups in total. The number of amides is 1. The fraction of sp³-hybridized carbons (Fsp3) is 0.316. The van der Waals surface area contributed by atoms with Crippen LogP contribution in [0.3, 0.4) is 0 Å². The van der Waals surface area contributed by atoms with Crippen molar-refractivity contribution in [3.8, 4) is 0 Å². The molecule has 3 aromatic rings. The van der Waals surface area contributed by atoms with Gasteiger partial charge in [-0.05, 0) is 18.6 Å². The minimum Gasteiger partial charge on any atom is -0.451 e. The zero-order valence-electron chi connectivity index (χ0n) is 15.8. The van der Waals surface area contributed by atoms with Crippen LogP contribution in [-0.2, 0) is 17.1 Å². The van der Waals surface area contributed by atoms with Crippen LogP contribution in [0.1, 0.15) is 17.0 Å². The molecule has 152 valence electrons. The molecule has 0 aliphatic carbocycles. The smallest absolute Gasteiger partial charge is 0.289 e. The Morgan fingerprint density at radius 3 is 2.69 bits per heavy atom. The molecule has 0 spiro atoms. The summed E-state index contributed by atoms with van der Waals surface area (Å²) >= 11 is 0. The molecular weight excluding hydrogens is 396 g/mol. The molecule has 1 aliphatic heterocycles. The van der Waals surface area contributed by atoms with E-state index in [1.807, 2.05) is 0 Å². The number of nitrogens with zero attached hydrogens (tertiary/aromatic N) is 4. The maximum atomic E-state index is 12.9. The van der Waals surface area contributed by atoms with E-state index in [4.69, 9.17) is 4.42 Å². The normalized spacial score (nSPS) is 16.1. The van der Waals surface area contributed by atoms with Crippen molar-refractivity contribution in [3.05, 3.63) is 58.8 Å². The van der Waals surface area contributed by atoms with Gasteiger partial charge in [-0.2, -0.15) is 4.31 Å². The Bertz CT molecular complexity index is 1230. The van der Waals surface area contributed by atoms with Crippen molar-refractivity contribution < 1.29 is 17.6 Å². The number of sulfonamides is 1. The van der Waals surface area contributed by atoms with Crippen molar-refractivity contribution in [2.24, 2.45) is 7.05 Å². The van der Waals surface area contributed by atoms with Crippen LogP contribution in [0.2, 0.25) is 0 Å². The standard InChI is InChI=1S/C19H20N4O5S/c1-21-12-18(20-13-21)29(26,27)23-8-4-7-22(9-10-23)19(25)17-11-15(24)14-5-2-3-6-16(14)28-17/h2-3,5-6,11-13H,4,7-10H2,1H3. The highest BCUT2D eigenvalue weighted by molar-refractivity contribution is 7.89. The first-order valence-electron chi connectivity index (χ1n) is 9.16. The number of rotatable bonds is 3. The number of benzene rings is 1. The van der Waals surface area contributed by atoms with Crippen molar-refractivity contribution >= 4 is 26.9 Å². The third-order valence-electron chi connectivity index (χ3n) is 4.87. The molecule has 10 heteroatoms. The molecule has 29 heavy (non-hydrogen) atoms. The van der Waals surface area contributed by atoms with Crippen LogP contribution in [0, 0.1) is 0 Å². The van der Waals surface area contributed by atoms with E-state index in [-0.39, 0.29) is 35.8 Å². The molecule has 1 fully saturated rings. The summed E-state index contributed by atoms with van der Waals surface area (Å²) in [5.74, 6) is -0.473. The molecule has 0 radical (unpaired) electrons. The first kappa shape index (κ1) is 19.3. The topological polar surface area (TPSA) is 106 Å². The van der Waals surface area contributed by atoms with E-state index in [1.54, 1.807) is 35.9 Å². The van der Waals surface area contributed by atoms with Crippen molar-refractivity contribution in [2.75, 3.05) is 26.2 Å². The highest BCUT2D eigenvalue weighted by Gasteiger charge is 2.30. The lowest BCUT2D eigenvalue weighted by atomic mass is 10.2. The van der Waals surface area contributed by atoms with E-state index in [2.05, 4.69) is 4.98 Å². The number of hydrogen-bond donors (Lipinski definition) is 0. The fourth-order valence-corrected chi connectivity index (χ4v) is 4.79. The molecule has 4 rings (SSSR count). The number of hydrogen-bond acceptors (Lipinski definition) is 6. The Labute approximate surface area is 167 Å². The number of aryl methyl sites for hydroxylation is 1. The summed E-state index contributed by atoms with van der Waals surface area (Å²) in [6.07, 6.45) is 3.35. The van der Waals surface area contributed by atoms with Crippen LogP contribution in [0.4, 0.5) is 0 Å². The van der Waals surface area contributed by atoms with Crippen LogP contribution in [0.25, 0.3) is 11.0 Å². The van der Waals surface area contributed by atoms with Crippen molar-refractivity contribution in [1.82, 2.24) is 18.8 Å². The van der Waals surface area contributed by atoms with Gasteiger partial charge in [0.05, 0.1) is 11.7 Å². The van der Waals surface area contributed by atoms with Gasteiger partial charge in [-0.1, -0.05) is 12.1 Å². The summed E-state index contributed by atoms with van der Waals surface area (Å²) in [4.78, 5) is 30.6. The summed E-state index contributed by atoms with van der Waals surface area (Å²) in [6.45, 7) is 0.984. The summed E-state index contributed by atoms with van der Waals surface area (Å²) in [5.41, 5.74) is 0.0573. The Hall–Kier alpha value is -2.98. The summed E-state index contributed by atoms with van der Waals surface area (Å²) < 4.78 is 34.1. The largest absolute Gasteiger partial charge is 0.451 e. The van der Waals surface area contributed by atoms with Crippen LogP contribution in [-0.4, -0.2) is 59.3 Å². The third-order valence-corrected chi connectivity index (χ3v) is 6.66. The first-order valence-corrected chi connectivity index (χ1v) is 10.6. The quantitative estimate of drug-likeness (QED) is 0.632. The molecule has 0 unspecified atom stereocenters. The first-order chi connectivity index (χ1) is 13.9. The summed E-state index contributed by atoms with van der Waals surface area (Å²) in [6, 6.07) is 7.93. The Morgan fingerprint density at radius 1 is 1.14 bits per heavy atom. The van der Waals surface area contributed by atoms with E-state index in [9.17, 15) is 18.0 Å². The van der Waals surface area contributed by atoms with E-state index in [1.165, 1.54) is 27.8 Å². The highest BCUT2D eigenvalue weighted by Crippen LogP contribution is 2.18. The van der Waals surface area contributed by atoms with Gasteiger partial charge in [0.25, 0.3) is 15.9 Å². The van der Waals surface area contributed by atoms with Gasteiger partial charge >= 0.3 is 0 Å². The number of imidazole rings is 1. The van der Waals surface area contributed by atoms with Gasteiger partial charge in [0.2, 0.25) is 0 Å². The molecular formula is C19H20N4O5S. The van der Waals surface area contributed by atoms with E-state index in [0.717, 1.165) is 0 Å². The number of para-hydroxylation sites is 1. The zero-order chi connectivity index (χ0) is 20.6. The Balaban J connectivity index is 1.54. The molecule has 1 saturated heterocycles. The predicted octanol–water partition coefficient (Wildman–Crippen LogP) is 1.06. The molecule has 3 heterocycles. The van der Waals surface area contributed by atoms with E-state index < -0.39 is 15.9 Å². The molecule has 1 aliphatic rings. The van der Waals surface area contributed by atoms with Crippen LogP contribution in [0.5, 0.6) is 0 Å². The second-order valence-electron chi connectivity index (χ2n) is 6.90. The maximum Gasteiger partial charge on any atom is 0.289 e. The zero-order valence-corrected chi connectivity index (χ0v) is 16.6. The van der Waals surface area contributed by atoms with Crippen LogP contribution < -0.4 is 5.43 Å². The lowest BCUT2D eigenvalue weighted by molar-refractivity contribution is 0.0733. The SMILES string of the molecule is Cn1cnc(S(=O)(=O)N2CCCN(C(=O)c3cc(=O)c4ccccc4o3)CC2)c1. The van der Waals surface area contributed by atoms with Gasteiger partial charge in [0, 0.05) is 45.5 Å². The van der Waals surface area contributed by atoms with Gasteiger partial charge in [-0.15, -0.1) is 0 Å². The molecule has 0 bridgehead atoms. The Kier molecular flexibility index (Phi) is 4.97. The second kappa shape index (κ2) is 7.45. The molecule has 9 nitrogen and oxygen atoms in total. The van der Waals surface area contributed by atoms with Gasteiger partial charge < -0.3 is 13.9 Å². The van der Waals surface area contributed by atoms with E-state index >= 15 is 0 Å². The number of carbonyl (C=O) groups excluding carboxylic acids is 1. The molecule has 1 amide bonds. The second-order valence-corrected chi connectivity index (χ2v) is 8.78. The molecule has 0 atom stereocenters. The van der Waals surface area contributed by atoms with Crippen molar-refractivity contribution in [1.29, 1.82) is 0 Å². The number of aromatic nitrogens is 2. The van der Waals surface area contributed by atoms with Gasteiger partial charge in [0.15, 0.2) is 16.2 Å². The van der Waals surface area contributed by atoms with Crippen molar-refractivity contribution in [3.63, 3.8) is 0 Å². The Morgan fingerprint density at radius 2 is 1.93 bits per heavy atom. The molecule has 0 saturated carbocycles. The van der Waals surface area contributed by atoms with Gasteiger partial charge in [-0.3, -0.25) is 9.59 Å².